The lowest BCUT2D eigenvalue weighted by atomic mass is 10.5. The van der Waals surface area contributed by atoms with Crippen molar-refractivity contribution in [3.8, 4) is 11.6 Å². The second-order valence-electron chi connectivity index (χ2n) is 2.58. The van der Waals surface area contributed by atoms with E-state index in [9.17, 15) is 0 Å². The summed E-state index contributed by atoms with van der Waals surface area (Å²) in [6.45, 7) is 0.247. The number of hydrogen-bond acceptors (Lipinski definition) is 5. The highest BCUT2D eigenvalue weighted by molar-refractivity contribution is 5.42. The first-order valence-corrected chi connectivity index (χ1v) is 3.81. The van der Waals surface area contributed by atoms with Crippen molar-refractivity contribution in [1.29, 1.82) is 0 Å². The van der Waals surface area contributed by atoms with Gasteiger partial charge in [-0.1, -0.05) is 5.16 Å². The summed E-state index contributed by atoms with van der Waals surface area (Å²) in [7, 11) is 1.86. The summed E-state index contributed by atoms with van der Waals surface area (Å²) < 4.78 is 6.66. The summed E-state index contributed by atoms with van der Waals surface area (Å²) in [5, 5.41) is 3.74. The molecule has 0 amide bonds. The Bertz CT molecular complexity index is 404. The van der Waals surface area contributed by atoms with Crippen molar-refractivity contribution in [3.63, 3.8) is 0 Å². The summed E-state index contributed by atoms with van der Waals surface area (Å²) in [5.74, 6) is 1.55. The van der Waals surface area contributed by atoms with Gasteiger partial charge in [-0.15, -0.1) is 0 Å². The van der Waals surface area contributed by atoms with Gasteiger partial charge in [-0.05, 0) is 0 Å². The minimum absolute atomic E-state index is 0.247. The van der Waals surface area contributed by atoms with E-state index in [0.29, 0.717) is 17.5 Å². The summed E-state index contributed by atoms with van der Waals surface area (Å²) in [6, 6.07) is 0. The lowest BCUT2D eigenvalue weighted by Gasteiger charge is -1.92. The largest absolute Gasteiger partial charge is 0.337 e. The molecule has 0 bridgehead atoms. The third-order valence-electron chi connectivity index (χ3n) is 1.66. The molecule has 13 heavy (non-hydrogen) atoms. The molecule has 0 aromatic carbocycles. The van der Waals surface area contributed by atoms with Gasteiger partial charge in [0.1, 0.15) is 0 Å². The number of aryl methyl sites for hydroxylation is 1. The molecule has 0 aliphatic rings. The zero-order chi connectivity index (χ0) is 9.26. The van der Waals surface area contributed by atoms with Gasteiger partial charge in [0.25, 0.3) is 0 Å². The first-order valence-electron chi connectivity index (χ1n) is 3.81. The predicted molar refractivity (Wildman–Crippen MR) is 44.4 cm³/mol. The first kappa shape index (κ1) is 7.93. The highest BCUT2D eigenvalue weighted by atomic mass is 16.5. The van der Waals surface area contributed by atoms with Gasteiger partial charge >= 0.3 is 0 Å². The zero-order valence-electron chi connectivity index (χ0n) is 7.14. The van der Waals surface area contributed by atoms with Gasteiger partial charge in [-0.2, -0.15) is 4.98 Å². The van der Waals surface area contributed by atoms with Gasteiger partial charge in [0.15, 0.2) is 5.82 Å². The highest BCUT2D eigenvalue weighted by Crippen LogP contribution is 2.11. The summed E-state index contributed by atoms with van der Waals surface area (Å²) in [4.78, 5) is 8.12. The van der Waals surface area contributed by atoms with Crippen LogP contribution in [0.1, 0.15) is 5.89 Å². The Balaban J connectivity index is 2.41. The van der Waals surface area contributed by atoms with Crippen molar-refractivity contribution in [1.82, 2.24) is 19.7 Å². The molecule has 2 heterocycles. The third kappa shape index (κ3) is 1.31. The Morgan fingerprint density at radius 1 is 1.62 bits per heavy atom. The van der Waals surface area contributed by atoms with Crippen LogP contribution in [0.3, 0.4) is 0 Å². The van der Waals surface area contributed by atoms with Crippen molar-refractivity contribution >= 4 is 0 Å². The van der Waals surface area contributed by atoms with Crippen LogP contribution in [0.15, 0.2) is 16.9 Å². The van der Waals surface area contributed by atoms with Crippen LogP contribution in [0.4, 0.5) is 0 Å². The van der Waals surface area contributed by atoms with Gasteiger partial charge in [0.05, 0.1) is 6.54 Å². The minimum atomic E-state index is 0.247. The third-order valence-corrected chi connectivity index (χ3v) is 1.66. The van der Waals surface area contributed by atoms with Crippen molar-refractivity contribution in [3.05, 3.63) is 18.3 Å². The van der Waals surface area contributed by atoms with Crippen molar-refractivity contribution in [2.75, 3.05) is 0 Å². The van der Waals surface area contributed by atoms with Gasteiger partial charge < -0.3 is 14.8 Å². The van der Waals surface area contributed by atoms with Gasteiger partial charge in [-0.3, -0.25) is 0 Å². The molecule has 0 aliphatic carbocycles. The predicted octanol–water partition coefficient (Wildman–Crippen LogP) is -0.0712. The lowest BCUT2D eigenvalue weighted by molar-refractivity contribution is 0.380. The Kier molecular flexibility index (Phi) is 1.82. The van der Waals surface area contributed by atoms with Crippen LogP contribution < -0.4 is 5.73 Å². The van der Waals surface area contributed by atoms with E-state index in [4.69, 9.17) is 10.3 Å². The summed E-state index contributed by atoms with van der Waals surface area (Å²) >= 11 is 0. The van der Waals surface area contributed by atoms with E-state index in [-0.39, 0.29) is 6.54 Å². The van der Waals surface area contributed by atoms with Crippen molar-refractivity contribution in [2.45, 2.75) is 6.54 Å². The molecule has 0 fully saturated rings. The molecular weight excluding hydrogens is 170 g/mol. The molecule has 0 aliphatic heterocycles. The molecule has 2 N–H and O–H groups in total. The Morgan fingerprint density at radius 3 is 3.00 bits per heavy atom. The molecule has 2 aromatic rings. The number of nitrogens with two attached hydrogens (primary N) is 1. The zero-order valence-corrected chi connectivity index (χ0v) is 7.14. The van der Waals surface area contributed by atoms with Crippen LogP contribution >= 0.6 is 0 Å². The van der Waals surface area contributed by atoms with Gasteiger partial charge in [0.2, 0.25) is 11.7 Å². The number of rotatable bonds is 2. The van der Waals surface area contributed by atoms with E-state index < -0.39 is 0 Å². The maximum atomic E-state index is 5.33. The smallest absolute Gasteiger partial charge is 0.240 e. The van der Waals surface area contributed by atoms with Crippen LogP contribution in [-0.2, 0) is 13.6 Å². The fourth-order valence-electron chi connectivity index (χ4n) is 1.01. The molecule has 0 spiro atoms. The van der Waals surface area contributed by atoms with Crippen LogP contribution in [-0.4, -0.2) is 19.7 Å². The van der Waals surface area contributed by atoms with Crippen molar-refractivity contribution in [2.24, 2.45) is 12.8 Å². The standard InChI is InChI=1S/C7H9N5O/c1-12-3-2-9-7(12)6-10-5(4-8)13-11-6/h2-3H,4,8H2,1H3. The molecule has 6 nitrogen and oxygen atoms in total. The van der Waals surface area contributed by atoms with Gasteiger partial charge in [-0.25, -0.2) is 4.98 Å². The van der Waals surface area contributed by atoms with Gasteiger partial charge in [0, 0.05) is 19.4 Å². The highest BCUT2D eigenvalue weighted by Gasteiger charge is 2.10. The quantitative estimate of drug-likeness (QED) is 0.697. The maximum absolute atomic E-state index is 5.33. The monoisotopic (exact) mass is 179 g/mol. The fraction of sp³-hybridized carbons (Fsp3) is 0.286. The van der Waals surface area contributed by atoms with Crippen LogP contribution in [0.2, 0.25) is 0 Å². The Labute approximate surface area is 74.4 Å². The maximum Gasteiger partial charge on any atom is 0.240 e. The van der Waals surface area contributed by atoms with E-state index in [1.807, 2.05) is 17.8 Å². The summed E-state index contributed by atoms with van der Waals surface area (Å²) in [5.41, 5.74) is 5.33. The van der Waals surface area contributed by atoms with Crippen LogP contribution in [0, 0.1) is 0 Å². The average Bonchev–Trinajstić information content (AvgIpc) is 2.71. The molecule has 0 atom stereocenters. The molecule has 0 saturated carbocycles. The van der Waals surface area contributed by atoms with Crippen molar-refractivity contribution < 1.29 is 4.52 Å². The molecule has 6 heteroatoms. The summed E-state index contributed by atoms with van der Waals surface area (Å²) in [6.07, 6.45) is 3.49. The topological polar surface area (TPSA) is 82.8 Å². The number of hydrogen-bond donors (Lipinski definition) is 1. The number of nitrogens with zero attached hydrogens (tertiary/aromatic N) is 4. The lowest BCUT2D eigenvalue weighted by Crippen LogP contribution is -1.97. The molecular formula is C7H9N5O. The van der Waals surface area contributed by atoms with Crippen LogP contribution in [0.25, 0.3) is 11.6 Å². The fourth-order valence-corrected chi connectivity index (χ4v) is 1.01. The minimum Gasteiger partial charge on any atom is -0.337 e. The number of aromatic nitrogens is 4. The Hall–Kier alpha value is -1.69. The number of imidazole rings is 1. The molecule has 2 rings (SSSR count). The molecule has 0 saturated heterocycles. The van der Waals surface area contributed by atoms with E-state index in [0.717, 1.165) is 0 Å². The first-order chi connectivity index (χ1) is 6.31. The van der Waals surface area contributed by atoms with E-state index >= 15 is 0 Å². The molecule has 0 unspecified atom stereocenters. The van der Waals surface area contributed by atoms with Crippen LogP contribution in [0.5, 0.6) is 0 Å². The Morgan fingerprint density at radius 2 is 2.46 bits per heavy atom. The molecule has 68 valence electrons. The normalized spacial score (nSPS) is 10.6. The average molecular weight is 179 g/mol. The van der Waals surface area contributed by atoms with E-state index in [2.05, 4.69) is 15.1 Å². The SMILES string of the molecule is Cn1ccnc1-c1noc(CN)n1. The molecule has 2 aromatic heterocycles. The molecule has 0 radical (unpaired) electrons. The second kappa shape index (κ2) is 2.98. The second-order valence-corrected chi connectivity index (χ2v) is 2.58. The van der Waals surface area contributed by atoms with E-state index in [1.54, 1.807) is 6.20 Å². The van der Waals surface area contributed by atoms with E-state index in [1.165, 1.54) is 0 Å².